The van der Waals surface area contributed by atoms with Crippen LogP contribution in [0.15, 0.2) is 29.0 Å². The molecule has 0 saturated heterocycles. The van der Waals surface area contributed by atoms with Crippen molar-refractivity contribution >= 4 is 27.5 Å². The second-order valence-corrected chi connectivity index (χ2v) is 3.90. The first-order chi connectivity index (χ1) is 7.11. The van der Waals surface area contributed by atoms with Crippen LogP contribution in [0, 0.1) is 0 Å². The summed E-state index contributed by atoms with van der Waals surface area (Å²) < 4.78 is 2.46. The summed E-state index contributed by atoms with van der Waals surface area (Å²) in [5.41, 5.74) is 6.64. The summed E-state index contributed by atoms with van der Waals surface area (Å²) in [4.78, 5) is 14.8. The van der Waals surface area contributed by atoms with E-state index in [2.05, 4.69) is 20.9 Å². The topological polar surface area (TPSA) is 80.6 Å². The van der Waals surface area contributed by atoms with Gasteiger partial charge in [-0.15, -0.1) is 0 Å². The van der Waals surface area contributed by atoms with Crippen molar-refractivity contribution in [3.8, 4) is 0 Å². The lowest BCUT2D eigenvalue weighted by atomic mass is 10.2. The van der Waals surface area contributed by atoms with Gasteiger partial charge in [-0.05, 0) is 28.1 Å². The quantitative estimate of drug-likeness (QED) is 0.858. The van der Waals surface area contributed by atoms with Gasteiger partial charge in [0.2, 0.25) is 0 Å². The molecule has 2 aromatic rings. The van der Waals surface area contributed by atoms with Crippen LogP contribution in [-0.4, -0.2) is 20.5 Å². The lowest BCUT2D eigenvalue weighted by Crippen LogP contribution is -2.22. The molecule has 0 amide bonds. The molecule has 0 fully saturated rings. The van der Waals surface area contributed by atoms with Crippen LogP contribution in [0.5, 0.6) is 0 Å². The van der Waals surface area contributed by atoms with Crippen molar-refractivity contribution in [2.75, 3.05) is 0 Å². The van der Waals surface area contributed by atoms with E-state index in [-0.39, 0.29) is 0 Å². The van der Waals surface area contributed by atoms with Gasteiger partial charge < -0.3 is 15.2 Å². The Balaban J connectivity index is 2.64. The third-order valence-electron chi connectivity index (χ3n) is 2.10. The number of fused-ring (bicyclic) bond motifs is 1. The molecule has 3 N–H and O–H groups in total. The molecule has 15 heavy (non-hydrogen) atoms. The number of rotatable bonds is 2. The maximum Gasteiger partial charge on any atom is 0.326 e. The normalized spacial score (nSPS) is 12.9. The average molecular weight is 270 g/mol. The van der Waals surface area contributed by atoms with Crippen molar-refractivity contribution in [1.82, 2.24) is 9.38 Å². The van der Waals surface area contributed by atoms with Crippen LogP contribution in [0.2, 0.25) is 0 Å². The zero-order valence-corrected chi connectivity index (χ0v) is 9.18. The van der Waals surface area contributed by atoms with Crippen LogP contribution in [0.25, 0.3) is 5.65 Å². The minimum Gasteiger partial charge on any atom is -0.480 e. The maximum absolute atomic E-state index is 10.7. The molecule has 6 heteroatoms. The molecular formula is C9H8BrN3O2. The van der Waals surface area contributed by atoms with Gasteiger partial charge >= 0.3 is 5.97 Å². The first-order valence-corrected chi connectivity index (χ1v) is 5.00. The smallest absolute Gasteiger partial charge is 0.326 e. The van der Waals surface area contributed by atoms with E-state index in [0.717, 1.165) is 4.47 Å². The molecule has 0 aliphatic carbocycles. The Morgan fingerprint density at radius 2 is 2.40 bits per heavy atom. The Kier molecular flexibility index (Phi) is 2.45. The molecule has 2 heterocycles. The highest BCUT2D eigenvalue weighted by Crippen LogP contribution is 2.20. The van der Waals surface area contributed by atoms with E-state index in [1.807, 2.05) is 6.07 Å². The molecule has 1 unspecified atom stereocenters. The SMILES string of the molecule is NC(C(=O)O)c1cnc2c(Br)cccn12. The molecular weight excluding hydrogens is 262 g/mol. The number of imidazole rings is 1. The predicted molar refractivity (Wildman–Crippen MR) is 57.5 cm³/mol. The molecule has 78 valence electrons. The summed E-state index contributed by atoms with van der Waals surface area (Å²) in [6, 6.07) is 2.56. The van der Waals surface area contributed by atoms with Crippen LogP contribution in [0.4, 0.5) is 0 Å². The van der Waals surface area contributed by atoms with Gasteiger partial charge in [0.25, 0.3) is 0 Å². The molecule has 0 radical (unpaired) electrons. The second-order valence-electron chi connectivity index (χ2n) is 3.05. The van der Waals surface area contributed by atoms with E-state index in [0.29, 0.717) is 11.3 Å². The molecule has 0 bridgehead atoms. The van der Waals surface area contributed by atoms with E-state index >= 15 is 0 Å². The van der Waals surface area contributed by atoms with Gasteiger partial charge in [0.1, 0.15) is 6.04 Å². The van der Waals surface area contributed by atoms with Crippen LogP contribution in [-0.2, 0) is 4.79 Å². The maximum atomic E-state index is 10.7. The van der Waals surface area contributed by atoms with E-state index in [1.165, 1.54) is 6.20 Å². The highest BCUT2D eigenvalue weighted by atomic mass is 79.9. The lowest BCUT2D eigenvalue weighted by Gasteiger charge is -2.05. The number of aliphatic carboxylic acids is 1. The Bertz CT molecular complexity index is 523. The lowest BCUT2D eigenvalue weighted by molar-refractivity contribution is -0.138. The third kappa shape index (κ3) is 1.62. The summed E-state index contributed by atoms with van der Waals surface area (Å²) in [5, 5.41) is 8.80. The van der Waals surface area contributed by atoms with Gasteiger partial charge in [0.05, 0.1) is 16.4 Å². The number of carboxylic acids is 1. The molecule has 2 rings (SSSR count). The van der Waals surface area contributed by atoms with Crippen molar-refractivity contribution in [3.63, 3.8) is 0 Å². The van der Waals surface area contributed by atoms with E-state index < -0.39 is 12.0 Å². The fourth-order valence-electron chi connectivity index (χ4n) is 1.35. The van der Waals surface area contributed by atoms with Crippen molar-refractivity contribution in [3.05, 3.63) is 34.7 Å². The first-order valence-electron chi connectivity index (χ1n) is 4.21. The zero-order valence-electron chi connectivity index (χ0n) is 7.59. The van der Waals surface area contributed by atoms with Crippen LogP contribution >= 0.6 is 15.9 Å². The fraction of sp³-hybridized carbons (Fsp3) is 0.111. The Labute approximate surface area is 93.7 Å². The standard InChI is InChI=1S/C9H8BrN3O2/c10-5-2-1-3-13-6(4-12-8(5)13)7(11)9(14)15/h1-4,7H,11H2,(H,14,15). The number of nitrogens with zero attached hydrogens (tertiary/aromatic N) is 2. The van der Waals surface area contributed by atoms with Crippen LogP contribution in [0.3, 0.4) is 0 Å². The number of pyridine rings is 1. The molecule has 0 saturated carbocycles. The van der Waals surface area contributed by atoms with Crippen molar-refractivity contribution in [2.45, 2.75) is 6.04 Å². The van der Waals surface area contributed by atoms with Gasteiger partial charge in [-0.25, -0.2) is 4.98 Å². The minimum atomic E-state index is -1.07. The number of hydrogen-bond donors (Lipinski definition) is 2. The number of aromatic nitrogens is 2. The van der Waals surface area contributed by atoms with Gasteiger partial charge in [-0.2, -0.15) is 0 Å². The molecule has 0 aliphatic heterocycles. The number of carboxylic acid groups (broad SMARTS) is 1. The summed E-state index contributed by atoms with van der Waals surface area (Å²) in [6.07, 6.45) is 3.20. The highest BCUT2D eigenvalue weighted by Gasteiger charge is 2.18. The monoisotopic (exact) mass is 269 g/mol. The van der Waals surface area contributed by atoms with Gasteiger partial charge in [-0.1, -0.05) is 0 Å². The zero-order chi connectivity index (χ0) is 11.0. The summed E-state index contributed by atoms with van der Waals surface area (Å²) in [6.45, 7) is 0. The Morgan fingerprint density at radius 3 is 3.07 bits per heavy atom. The Hall–Kier alpha value is -1.40. The minimum absolute atomic E-state index is 0.457. The molecule has 0 aromatic carbocycles. The Morgan fingerprint density at radius 1 is 1.67 bits per heavy atom. The van der Waals surface area contributed by atoms with Gasteiger partial charge in [0.15, 0.2) is 5.65 Å². The molecule has 0 aliphatic rings. The number of halogens is 1. The molecule has 1 atom stereocenters. The summed E-state index contributed by atoms with van der Waals surface area (Å²) in [5.74, 6) is -1.07. The summed E-state index contributed by atoms with van der Waals surface area (Å²) >= 11 is 3.32. The summed E-state index contributed by atoms with van der Waals surface area (Å²) in [7, 11) is 0. The second kappa shape index (κ2) is 3.63. The average Bonchev–Trinajstić information content (AvgIpc) is 2.61. The highest BCUT2D eigenvalue weighted by molar-refractivity contribution is 9.10. The van der Waals surface area contributed by atoms with Crippen LogP contribution in [0.1, 0.15) is 11.7 Å². The molecule has 2 aromatic heterocycles. The van der Waals surface area contributed by atoms with Gasteiger partial charge in [0, 0.05) is 6.20 Å². The number of hydrogen-bond acceptors (Lipinski definition) is 3. The van der Waals surface area contributed by atoms with Crippen molar-refractivity contribution < 1.29 is 9.90 Å². The van der Waals surface area contributed by atoms with Crippen LogP contribution < -0.4 is 5.73 Å². The molecule has 5 nitrogen and oxygen atoms in total. The molecule has 0 spiro atoms. The van der Waals surface area contributed by atoms with Gasteiger partial charge in [-0.3, -0.25) is 4.79 Å². The predicted octanol–water partition coefficient (Wildman–Crippen LogP) is 1.18. The van der Waals surface area contributed by atoms with E-state index in [4.69, 9.17) is 10.8 Å². The van der Waals surface area contributed by atoms with E-state index in [9.17, 15) is 4.79 Å². The third-order valence-corrected chi connectivity index (χ3v) is 2.72. The van der Waals surface area contributed by atoms with Crippen molar-refractivity contribution in [1.29, 1.82) is 0 Å². The number of nitrogens with two attached hydrogens (primary N) is 1. The van der Waals surface area contributed by atoms with E-state index in [1.54, 1.807) is 16.7 Å². The largest absolute Gasteiger partial charge is 0.480 e. The first kappa shape index (κ1) is 10.1. The fourth-order valence-corrected chi connectivity index (χ4v) is 1.80. The number of carbonyl (C=O) groups is 1. The van der Waals surface area contributed by atoms with Crippen molar-refractivity contribution in [2.24, 2.45) is 5.73 Å².